The number of carbonyl (C=O) groups excluding carboxylic acids is 1. The summed E-state index contributed by atoms with van der Waals surface area (Å²) in [5.41, 5.74) is 3.31. The Labute approximate surface area is 170 Å². The van der Waals surface area contributed by atoms with Crippen molar-refractivity contribution in [2.75, 3.05) is 0 Å². The molecule has 0 unspecified atom stereocenters. The molecular weight excluding hydrogens is 372 g/mol. The molecule has 156 valence electrons. The summed E-state index contributed by atoms with van der Waals surface area (Å²) in [6.07, 6.45) is 8.74. The first-order valence-corrected chi connectivity index (χ1v) is 11.7. The van der Waals surface area contributed by atoms with Gasteiger partial charge < -0.3 is 4.79 Å². The van der Waals surface area contributed by atoms with E-state index >= 15 is 0 Å². The van der Waals surface area contributed by atoms with E-state index in [4.69, 9.17) is 4.79 Å². The molecule has 0 spiro atoms. The van der Waals surface area contributed by atoms with Crippen molar-refractivity contribution >= 4 is 27.7 Å². The van der Waals surface area contributed by atoms with Crippen molar-refractivity contribution in [2.24, 2.45) is 0 Å². The molecule has 2 aromatic rings. The van der Waals surface area contributed by atoms with E-state index in [1.165, 1.54) is 11.1 Å². The molecule has 0 aliphatic carbocycles. The lowest BCUT2D eigenvalue weighted by molar-refractivity contribution is -0.0980. The normalized spacial score (nSPS) is 11.3. The summed E-state index contributed by atoms with van der Waals surface area (Å²) >= 11 is 0. The van der Waals surface area contributed by atoms with Crippen LogP contribution in [-0.4, -0.2) is 19.8 Å². The fraction of sp³-hybridized carbons (Fsp3) is 0.522. The lowest BCUT2D eigenvalue weighted by Crippen LogP contribution is -2.11. The van der Waals surface area contributed by atoms with Crippen molar-refractivity contribution in [3.63, 3.8) is 0 Å². The monoisotopic (exact) mass is 406 g/mol. The van der Waals surface area contributed by atoms with Crippen LogP contribution in [0.3, 0.4) is 0 Å². The second kappa shape index (κ2) is 12.0. The van der Waals surface area contributed by atoms with Crippen LogP contribution in [0.4, 0.5) is 0 Å². The van der Waals surface area contributed by atoms with Crippen LogP contribution < -0.4 is 0 Å². The molecule has 0 aliphatic rings. The summed E-state index contributed by atoms with van der Waals surface area (Å²) in [5.74, 6) is 0. The molecule has 0 saturated carbocycles. The van der Waals surface area contributed by atoms with Crippen LogP contribution >= 0.6 is 0 Å². The third-order valence-corrected chi connectivity index (χ3v) is 6.08. The molecular formula is C23H34O4S. The molecule has 5 heteroatoms. The van der Waals surface area contributed by atoms with Gasteiger partial charge in [-0.25, -0.2) is 0 Å². The highest BCUT2D eigenvalue weighted by molar-refractivity contribution is 7.86. The maximum atomic E-state index is 12.3. The smallest absolute Gasteiger partial charge is 0.295 e. The number of unbranched alkanes of at least 4 members (excludes halogenated alkanes) is 3. The van der Waals surface area contributed by atoms with Gasteiger partial charge in [-0.3, -0.25) is 4.55 Å². The molecule has 2 rings (SSSR count). The van der Waals surface area contributed by atoms with Crippen LogP contribution in [-0.2, 0) is 34.2 Å². The van der Waals surface area contributed by atoms with E-state index in [1.54, 1.807) is 0 Å². The second-order valence-corrected chi connectivity index (χ2v) is 8.45. The molecule has 28 heavy (non-hydrogen) atoms. The second-order valence-electron chi connectivity index (χ2n) is 7.10. The Bertz CT molecular complexity index is 857. The molecule has 2 aromatic carbocycles. The van der Waals surface area contributed by atoms with Crippen LogP contribution in [0.15, 0.2) is 29.2 Å². The third kappa shape index (κ3) is 5.89. The lowest BCUT2D eigenvalue weighted by Gasteiger charge is -2.21. The van der Waals surface area contributed by atoms with Crippen molar-refractivity contribution in [3.05, 3.63) is 41.0 Å². The van der Waals surface area contributed by atoms with Crippen LogP contribution in [0.2, 0.25) is 0 Å². The minimum Gasteiger partial charge on any atom is -0.307 e. The van der Waals surface area contributed by atoms with Gasteiger partial charge in [0.25, 0.3) is 10.1 Å². The Balaban J connectivity index is 0.00000190. The number of rotatable bonds is 10. The maximum Gasteiger partial charge on any atom is 0.295 e. The average molecular weight is 407 g/mol. The van der Waals surface area contributed by atoms with Gasteiger partial charge in [0.1, 0.15) is 11.7 Å². The first kappa shape index (κ1) is 24.3. The number of hydrogen-bond acceptors (Lipinski definition) is 3. The molecule has 0 aliphatic heterocycles. The van der Waals surface area contributed by atoms with Crippen molar-refractivity contribution in [2.45, 2.75) is 83.5 Å². The minimum absolute atomic E-state index is 0.146. The topological polar surface area (TPSA) is 71.4 Å². The molecule has 1 N–H and O–H groups in total. The molecule has 0 atom stereocenters. The summed E-state index contributed by atoms with van der Waals surface area (Å²) in [4.78, 5) is 8.15. The average Bonchev–Trinajstić information content (AvgIpc) is 2.69. The highest BCUT2D eigenvalue weighted by Gasteiger charge is 2.25. The zero-order chi connectivity index (χ0) is 21.2. The van der Waals surface area contributed by atoms with E-state index in [9.17, 15) is 13.0 Å². The van der Waals surface area contributed by atoms with Gasteiger partial charge in [-0.05, 0) is 60.6 Å². The predicted molar refractivity (Wildman–Crippen MR) is 117 cm³/mol. The lowest BCUT2D eigenvalue weighted by atomic mass is 9.86. The number of aryl methyl sites for hydroxylation is 1. The van der Waals surface area contributed by atoms with Gasteiger partial charge in [0.05, 0.1) is 0 Å². The summed E-state index contributed by atoms with van der Waals surface area (Å²) in [6, 6.07) is 7.66. The Morgan fingerprint density at radius 3 is 1.64 bits per heavy atom. The number of carbonyl (C=O) groups is 1. The molecule has 0 saturated heterocycles. The third-order valence-electron chi connectivity index (χ3n) is 5.10. The van der Waals surface area contributed by atoms with E-state index in [1.807, 2.05) is 31.1 Å². The maximum absolute atomic E-state index is 12.3. The molecule has 0 heterocycles. The molecule has 0 aromatic heterocycles. The summed E-state index contributed by atoms with van der Waals surface area (Å²) in [7, 11) is -4.28. The van der Waals surface area contributed by atoms with Gasteiger partial charge in [-0.15, -0.1) is 0 Å². The quantitative estimate of drug-likeness (QED) is 0.496. The number of benzene rings is 2. The van der Waals surface area contributed by atoms with Gasteiger partial charge in [-0.1, -0.05) is 64.3 Å². The molecule has 0 bridgehead atoms. The predicted octanol–water partition coefficient (Wildman–Crippen LogP) is 5.93. The number of hydrogen-bond donors (Lipinski definition) is 1. The Hall–Kier alpha value is -1.72. The van der Waals surface area contributed by atoms with Crippen molar-refractivity contribution < 1.29 is 17.8 Å². The van der Waals surface area contributed by atoms with Crippen LogP contribution in [0, 0.1) is 0 Å². The summed E-state index contributed by atoms with van der Waals surface area (Å²) in [5, 5.41) is 1.66. The van der Waals surface area contributed by atoms with Crippen LogP contribution in [0.5, 0.6) is 0 Å². The molecule has 0 fully saturated rings. The fourth-order valence-electron chi connectivity index (χ4n) is 3.80. The van der Waals surface area contributed by atoms with E-state index < -0.39 is 10.1 Å². The van der Waals surface area contributed by atoms with Gasteiger partial charge in [0.15, 0.2) is 0 Å². The summed E-state index contributed by atoms with van der Waals surface area (Å²) in [6.45, 7) is 8.44. The van der Waals surface area contributed by atoms with Crippen LogP contribution in [0.1, 0.15) is 76.0 Å². The highest BCUT2D eigenvalue weighted by atomic mass is 32.2. The Kier molecular flexibility index (Phi) is 10.4. The van der Waals surface area contributed by atoms with E-state index in [0.717, 1.165) is 62.3 Å². The van der Waals surface area contributed by atoms with Gasteiger partial charge in [-0.2, -0.15) is 8.42 Å². The first-order valence-electron chi connectivity index (χ1n) is 10.3. The van der Waals surface area contributed by atoms with Crippen molar-refractivity contribution in [3.8, 4) is 0 Å². The first-order chi connectivity index (χ1) is 13.5. The van der Waals surface area contributed by atoms with E-state index in [0.29, 0.717) is 11.8 Å². The molecule has 0 radical (unpaired) electrons. The van der Waals surface area contributed by atoms with Crippen molar-refractivity contribution in [1.82, 2.24) is 0 Å². The Morgan fingerprint density at radius 2 is 1.18 bits per heavy atom. The van der Waals surface area contributed by atoms with E-state index in [2.05, 4.69) is 20.8 Å². The summed E-state index contributed by atoms with van der Waals surface area (Å²) < 4.78 is 34.7. The zero-order valence-electron chi connectivity index (χ0n) is 17.5. The minimum atomic E-state index is -4.28. The van der Waals surface area contributed by atoms with Gasteiger partial charge in [0.2, 0.25) is 0 Å². The van der Waals surface area contributed by atoms with Gasteiger partial charge in [0, 0.05) is 5.39 Å². The number of fused-ring (bicyclic) bond motifs is 1. The molecule has 4 nitrogen and oxygen atoms in total. The van der Waals surface area contributed by atoms with Crippen molar-refractivity contribution in [1.29, 1.82) is 0 Å². The molecule has 0 amide bonds. The van der Waals surface area contributed by atoms with Gasteiger partial charge >= 0.3 is 0 Å². The van der Waals surface area contributed by atoms with Crippen LogP contribution in [0.25, 0.3) is 10.8 Å². The Morgan fingerprint density at radius 1 is 0.750 bits per heavy atom. The standard InChI is InChI=1S/C22H32O3S.CH2O/c1-4-7-12-17-18(13-8-5-2)20(14-9-6-3)22(26(23,24)25)21-16-11-10-15-19(17)21;1-2/h10-11,15-16H,4-9,12-14H2,1-3H3,(H,23,24,25);1H2. The van der Waals surface area contributed by atoms with E-state index in [-0.39, 0.29) is 4.90 Å². The highest BCUT2D eigenvalue weighted by Crippen LogP contribution is 2.36. The largest absolute Gasteiger partial charge is 0.307 e. The zero-order valence-corrected chi connectivity index (χ0v) is 18.3. The fourth-order valence-corrected chi connectivity index (χ4v) is 4.79. The SMILES string of the molecule is C=O.CCCCc1c(CCCC)c(S(=O)(=O)O)c2ccccc2c1CCCC.